The largest absolute Gasteiger partial charge is 0.364 e. The molecule has 0 spiro atoms. The zero-order valence-corrected chi connectivity index (χ0v) is 15.1. The Kier molecular flexibility index (Phi) is 5.12. The van der Waals surface area contributed by atoms with Crippen molar-refractivity contribution in [3.8, 4) is 0 Å². The third-order valence-electron chi connectivity index (χ3n) is 3.34. The minimum Gasteiger partial charge on any atom is -0.364 e. The molecular formula is C17H16N2O4S2. The van der Waals surface area contributed by atoms with E-state index >= 15 is 0 Å². The van der Waals surface area contributed by atoms with Gasteiger partial charge in [0.2, 0.25) is 5.91 Å². The number of nitrogens with zero attached hydrogens (tertiary/aromatic N) is 1. The molecule has 2 aromatic carbocycles. The van der Waals surface area contributed by atoms with Crippen molar-refractivity contribution in [2.45, 2.75) is 11.5 Å². The second-order valence-electron chi connectivity index (χ2n) is 5.42. The highest BCUT2D eigenvalue weighted by molar-refractivity contribution is 7.90. The zero-order valence-electron chi connectivity index (χ0n) is 13.4. The molecule has 1 aromatic heterocycles. The Hall–Kier alpha value is -2.29. The first-order valence-electron chi connectivity index (χ1n) is 7.44. The number of nitrogens with one attached hydrogen (secondary N) is 1. The first kappa shape index (κ1) is 17.5. The van der Waals surface area contributed by atoms with E-state index in [0.717, 1.165) is 21.5 Å². The predicted octanol–water partition coefficient (Wildman–Crippen LogP) is 2.86. The Morgan fingerprint density at radius 1 is 1.20 bits per heavy atom. The van der Waals surface area contributed by atoms with E-state index in [0.29, 0.717) is 5.69 Å². The molecule has 0 aliphatic carbocycles. The molecule has 0 aliphatic heterocycles. The van der Waals surface area contributed by atoms with Crippen molar-refractivity contribution < 1.29 is 17.9 Å². The maximum atomic E-state index is 11.9. The average Bonchev–Trinajstić information content (AvgIpc) is 2.97. The maximum Gasteiger partial charge on any atom is 0.250 e. The lowest BCUT2D eigenvalue weighted by Crippen LogP contribution is -2.18. The number of carbonyl (C=O) groups is 1. The number of sulfone groups is 1. The van der Waals surface area contributed by atoms with Gasteiger partial charge in [0.1, 0.15) is 11.6 Å². The molecule has 3 rings (SSSR count). The molecule has 0 radical (unpaired) electrons. The van der Waals surface area contributed by atoms with E-state index in [1.807, 2.05) is 24.3 Å². The van der Waals surface area contributed by atoms with Crippen LogP contribution in [0, 0.1) is 0 Å². The SMILES string of the molecule is CS(=O)(=O)c1cccc(NC(=O)COCc2nc3ccccc3s2)c1. The van der Waals surface area contributed by atoms with Crippen molar-refractivity contribution in [3.05, 3.63) is 53.5 Å². The van der Waals surface area contributed by atoms with Crippen LogP contribution in [0.15, 0.2) is 53.4 Å². The Balaban J connectivity index is 1.54. The Morgan fingerprint density at radius 3 is 2.76 bits per heavy atom. The molecule has 6 nitrogen and oxygen atoms in total. The van der Waals surface area contributed by atoms with E-state index in [9.17, 15) is 13.2 Å². The van der Waals surface area contributed by atoms with Gasteiger partial charge in [0.05, 0.1) is 21.7 Å². The lowest BCUT2D eigenvalue weighted by atomic mass is 10.3. The van der Waals surface area contributed by atoms with Crippen molar-refractivity contribution >= 4 is 43.0 Å². The molecule has 0 saturated carbocycles. The van der Waals surface area contributed by atoms with Gasteiger partial charge in [0.25, 0.3) is 0 Å². The molecular weight excluding hydrogens is 360 g/mol. The number of fused-ring (bicyclic) bond motifs is 1. The number of benzene rings is 2. The molecule has 0 aliphatic rings. The second-order valence-corrected chi connectivity index (χ2v) is 8.55. The first-order chi connectivity index (χ1) is 11.9. The summed E-state index contributed by atoms with van der Waals surface area (Å²) in [5.74, 6) is -0.355. The molecule has 1 amide bonds. The van der Waals surface area contributed by atoms with Crippen molar-refractivity contribution in [3.63, 3.8) is 0 Å². The summed E-state index contributed by atoms with van der Waals surface area (Å²) >= 11 is 1.52. The Bertz CT molecular complexity index is 979. The highest BCUT2D eigenvalue weighted by Crippen LogP contribution is 2.22. The van der Waals surface area contributed by atoms with Gasteiger partial charge in [-0.2, -0.15) is 0 Å². The molecule has 1 N–H and O–H groups in total. The number of para-hydroxylation sites is 1. The molecule has 0 bridgehead atoms. The van der Waals surface area contributed by atoms with Crippen molar-refractivity contribution in [1.29, 1.82) is 0 Å². The molecule has 25 heavy (non-hydrogen) atoms. The minimum atomic E-state index is -3.32. The van der Waals surface area contributed by atoms with Gasteiger partial charge in [-0.25, -0.2) is 13.4 Å². The molecule has 8 heteroatoms. The third-order valence-corrected chi connectivity index (χ3v) is 5.46. The summed E-state index contributed by atoms with van der Waals surface area (Å²) in [6.07, 6.45) is 1.12. The quantitative estimate of drug-likeness (QED) is 0.715. The fourth-order valence-electron chi connectivity index (χ4n) is 2.21. The molecule has 0 saturated heterocycles. The highest BCUT2D eigenvalue weighted by Gasteiger charge is 2.10. The van der Waals surface area contributed by atoms with Crippen molar-refractivity contribution in [2.24, 2.45) is 0 Å². The molecule has 3 aromatic rings. The van der Waals surface area contributed by atoms with Gasteiger partial charge in [-0.15, -0.1) is 11.3 Å². The third kappa shape index (κ3) is 4.62. The van der Waals surface area contributed by atoms with Gasteiger partial charge < -0.3 is 10.1 Å². The highest BCUT2D eigenvalue weighted by atomic mass is 32.2. The van der Waals surface area contributed by atoms with Crippen LogP contribution in [0.25, 0.3) is 10.2 Å². The number of thiazole rings is 1. The van der Waals surface area contributed by atoms with Crippen LogP contribution in [0.4, 0.5) is 5.69 Å². The van der Waals surface area contributed by atoms with Gasteiger partial charge in [-0.05, 0) is 30.3 Å². The summed E-state index contributed by atoms with van der Waals surface area (Å²) in [6.45, 7) is 0.106. The van der Waals surface area contributed by atoms with Gasteiger partial charge in [0.15, 0.2) is 9.84 Å². The van der Waals surface area contributed by atoms with Crippen LogP contribution in [-0.4, -0.2) is 32.2 Å². The average molecular weight is 376 g/mol. The summed E-state index contributed by atoms with van der Waals surface area (Å²) < 4.78 is 29.5. The lowest BCUT2D eigenvalue weighted by molar-refractivity contribution is -0.121. The normalized spacial score (nSPS) is 11.6. The number of amides is 1. The fourth-order valence-corrected chi connectivity index (χ4v) is 3.79. The summed E-state index contributed by atoms with van der Waals surface area (Å²) in [5.41, 5.74) is 1.32. The van der Waals surface area contributed by atoms with Crippen LogP contribution >= 0.6 is 11.3 Å². The van der Waals surface area contributed by atoms with Crippen molar-refractivity contribution in [2.75, 3.05) is 18.2 Å². The number of aromatic nitrogens is 1. The van der Waals surface area contributed by atoms with E-state index in [2.05, 4.69) is 10.3 Å². The molecule has 130 valence electrons. The van der Waals surface area contributed by atoms with Gasteiger partial charge >= 0.3 is 0 Å². The second kappa shape index (κ2) is 7.30. The standard InChI is InChI=1S/C17H16N2O4S2/c1-25(21,22)13-6-4-5-12(9-13)18-16(20)10-23-11-17-19-14-7-2-3-8-15(14)24-17/h2-9H,10-11H2,1H3,(H,18,20). The Morgan fingerprint density at radius 2 is 2.00 bits per heavy atom. The zero-order chi connectivity index (χ0) is 17.9. The maximum absolute atomic E-state index is 11.9. The number of hydrogen-bond acceptors (Lipinski definition) is 6. The lowest BCUT2D eigenvalue weighted by Gasteiger charge is -2.07. The number of ether oxygens (including phenoxy) is 1. The van der Waals surface area contributed by atoms with Gasteiger partial charge in [-0.3, -0.25) is 4.79 Å². The van der Waals surface area contributed by atoms with Gasteiger partial charge in [-0.1, -0.05) is 18.2 Å². The van der Waals surface area contributed by atoms with Crippen molar-refractivity contribution in [1.82, 2.24) is 4.98 Å². The van der Waals surface area contributed by atoms with E-state index in [1.165, 1.54) is 23.5 Å². The number of anilines is 1. The fraction of sp³-hybridized carbons (Fsp3) is 0.176. The summed E-state index contributed by atoms with van der Waals surface area (Å²) in [4.78, 5) is 16.5. The number of carbonyl (C=O) groups excluding carboxylic acids is 1. The van der Waals surface area contributed by atoms with Crippen LogP contribution in [0.5, 0.6) is 0 Å². The van der Waals surface area contributed by atoms with Crippen LogP contribution < -0.4 is 5.32 Å². The van der Waals surface area contributed by atoms with Crippen LogP contribution in [0.1, 0.15) is 5.01 Å². The van der Waals surface area contributed by atoms with E-state index in [-0.39, 0.29) is 24.0 Å². The summed E-state index contributed by atoms with van der Waals surface area (Å²) in [5, 5.41) is 3.42. The monoisotopic (exact) mass is 376 g/mol. The molecule has 1 heterocycles. The summed E-state index contributed by atoms with van der Waals surface area (Å²) in [6, 6.07) is 13.9. The van der Waals surface area contributed by atoms with Crippen LogP contribution in [-0.2, 0) is 26.0 Å². The molecule has 0 fully saturated rings. The molecule has 0 unspecified atom stereocenters. The van der Waals surface area contributed by atoms with E-state index in [4.69, 9.17) is 4.74 Å². The smallest absolute Gasteiger partial charge is 0.250 e. The Labute approximate surface area is 149 Å². The van der Waals surface area contributed by atoms with Crippen LogP contribution in [0.3, 0.4) is 0 Å². The number of hydrogen-bond donors (Lipinski definition) is 1. The topological polar surface area (TPSA) is 85.4 Å². The molecule has 0 atom stereocenters. The van der Waals surface area contributed by atoms with Gasteiger partial charge in [0, 0.05) is 11.9 Å². The number of rotatable bonds is 6. The summed E-state index contributed by atoms with van der Waals surface area (Å²) in [7, 11) is -3.32. The minimum absolute atomic E-state index is 0.140. The first-order valence-corrected chi connectivity index (χ1v) is 10.1. The van der Waals surface area contributed by atoms with Crippen LogP contribution in [0.2, 0.25) is 0 Å². The van der Waals surface area contributed by atoms with E-state index in [1.54, 1.807) is 12.1 Å². The predicted molar refractivity (Wildman–Crippen MR) is 97.5 cm³/mol. The van der Waals surface area contributed by atoms with E-state index < -0.39 is 9.84 Å².